The Morgan fingerprint density at radius 2 is 1.82 bits per heavy atom. The fraction of sp³-hybridized carbons (Fsp3) is 0.286. The van der Waals surface area contributed by atoms with Gasteiger partial charge in [0.1, 0.15) is 0 Å². The van der Waals surface area contributed by atoms with Crippen LogP contribution >= 0.6 is 7.37 Å². The zero-order valence-electron chi connectivity index (χ0n) is 9.97. The summed E-state index contributed by atoms with van der Waals surface area (Å²) in [5, 5.41) is 2.38. The molecule has 3 heteroatoms. The molecule has 2 aromatic carbocycles. The van der Waals surface area contributed by atoms with Crippen molar-refractivity contribution in [1.82, 2.24) is 0 Å². The quantitative estimate of drug-likeness (QED) is 0.838. The van der Waals surface area contributed by atoms with Crippen LogP contribution in [0.5, 0.6) is 0 Å². The summed E-state index contributed by atoms with van der Waals surface area (Å²) < 4.78 is 11.6. The summed E-state index contributed by atoms with van der Waals surface area (Å²) in [7, 11) is -2.92. The predicted octanol–water partition coefficient (Wildman–Crippen LogP) is 3.67. The van der Waals surface area contributed by atoms with Gasteiger partial charge in [0.25, 0.3) is 0 Å². The van der Waals surface area contributed by atoms with Gasteiger partial charge in [-0.2, -0.15) is 0 Å². The maximum absolute atomic E-state index is 11.6. The van der Waals surface area contributed by atoms with Crippen LogP contribution in [0.3, 0.4) is 0 Å². The van der Waals surface area contributed by atoms with E-state index in [9.17, 15) is 9.46 Å². The van der Waals surface area contributed by atoms with Gasteiger partial charge < -0.3 is 4.89 Å². The zero-order valence-corrected chi connectivity index (χ0v) is 10.9. The van der Waals surface area contributed by atoms with Gasteiger partial charge in [-0.1, -0.05) is 49.4 Å². The Bertz CT molecular complexity index is 558. The van der Waals surface area contributed by atoms with Gasteiger partial charge in [0.15, 0.2) is 0 Å². The summed E-state index contributed by atoms with van der Waals surface area (Å²) in [6.45, 7) is 1.77. The fourth-order valence-corrected chi connectivity index (χ4v) is 2.87. The molecule has 0 fully saturated rings. The van der Waals surface area contributed by atoms with Crippen LogP contribution in [0.15, 0.2) is 42.5 Å². The first-order valence-electron chi connectivity index (χ1n) is 5.90. The third-order valence-electron chi connectivity index (χ3n) is 3.10. The molecule has 1 unspecified atom stereocenters. The molecule has 0 aromatic heterocycles. The standard InChI is InChI=1S/C14H17O2P/c1-2-17(15,16)11-10-13-8-5-7-12-6-3-4-9-14(12)13/h3-9H,2,10-11H2,1H3,(H,15,16). The fourth-order valence-electron chi connectivity index (χ4n) is 1.96. The molecule has 2 aromatic rings. The SMILES string of the molecule is CCP(=O)(O)CCc1cccc2ccccc12. The van der Waals surface area contributed by atoms with Gasteiger partial charge in [0.2, 0.25) is 7.37 Å². The van der Waals surface area contributed by atoms with Gasteiger partial charge in [-0.3, -0.25) is 4.57 Å². The molecule has 0 aliphatic rings. The van der Waals surface area contributed by atoms with Gasteiger partial charge in [0, 0.05) is 12.3 Å². The highest BCUT2D eigenvalue weighted by molar-refractivity contribution is 7.57. The summed E-state index contributed by atoms with van der Waals surface area (Å²) in [6, 6.07) is 14.3. The number of aryl methyl sites for hydroxylation is 1. The minimum Gasteiger partial charge on any atom is -0.344 e. The first-order chi connectivity index (χ1) is 8.12. The van der Waals surface area contributed by atoms with E-state index >= 15 is 0 Å². The number of hydrogen-bond acceptors (Lipinski definition) is 1. The van der Waals surface area contributed by atoms with Crippen molar-refractivity contribution >= 4 is 18.1 Å². The van der Waals surface area contributed by atoms with Crippen molar-refractivity contribution in [3.63, 3.8) is 0 Å². The molecule has 0 aliphatic heterocycles. The molecule has 0 amide bonds. The molecule has 0 saturated heterocycles. The van der Waals surface area contributed by atoms with Crippen LogP contribution in [-0.4, -0.2) is 17.2 Å². The lowest BCUT2D eigenvalue weighted by Gasteiger charge is -2.10. The van der Waals surface area contributed by atoms with Crippen molar-refractivity contribution in [2.24, 2.45) is 0 Å². The van der Waals surface area contributed by atoms with Crippen molar-refractivity contribution in [2.45, 2.75) is 13.3 Å². The predicted molar refractivity (Wildman–Crippen MR) is 72.9 cm³/mol. The van der Waals surface area contributed by atoms with Gasteiger partial charge in [0.05, 0.1) is 0 Å². The van der Waals surface area contributed by atoms with Crippen LogP contribution in [0.4, 0.5) is 0 Å². The van der Waals surface area contributed by atoms with E-state index < -0.39 is 7.37 Å². The third-order valence-corrected chi connectivity index (χ3v) is 5.02. The van der Waals surface area contributed by atoms with Crippen LogP contribution in [0.2, 0.25) is 0 Å². The van der Waals surface area contributed by atoms with E-state index in [2.05, 4.69) is 18.2 Å². The Morgan fingerprint density at radius 1 is 1.12 bits per heavy atom. The van der Waals surface area contributed by atoms with Crippen molar-refractivity contribution in [2.75, 3.05) is 12.3 Å². The van der Waals surface area contributed by atoms with Crippen LogP contribution in [0.1, 0.15) is 12.5 Å². The van der Waals surface area contributed by atoms with Crippen molar-refractivity contribution < 1.29 is 9.46 Å². The molecule has 0 spiro atoms. The average molecular weight is 248 g/mol. The normalized spacial score (nSPS) is 14.7. The number of benzene rings is 2. The average Bonchev–Trinajstić information content (AvgIpc) is 2.36. The monoisotopic (exact) mass is 248 g/mol. The molecule has 0 bridgehead atoms. The van der Waals surface area contributed by atoms with Crippen molar-refractivity contribution in [3.05, 3.63) is 48.0 Å². The summed E-state index contributed by atoms with van der Waals surface area (Å²) in [4.78, 5) is 9.61. The topological polar surface area (TPSA) is 37.3 Å². The molecule has 0 saturated carbocycles. The van der Waals surface area contributed by atoms with Crippen molar-refractivity contribution in [3.8, 4) is 0 Å². The molecule has 90 valence electrons. The first-order valence-corrected chi connectivity index (χ1v) is 7.93. The molecule has 1 atom stereocenters. The second kappa shape index (κ2) is 5.03. The number of fused-ring (bicyclic) bond motifs is 1. The minimum atomic E-state index is -2.92. The Morgan fingerprint density at radius 3 is 2.59 bits per heavy atom. The lowest BCUT2D eigenvalue weighted by molar-refractivity contribution is 0.479. The Labute approximate surface area is 102 Å². The van der Waals surface area contributed by atoms with Gasteiger partial charge in [-0.15, -0.1) is 0 Å². The molecule has 17 heavy (non-hydrogen) atoms. The zero-order chi connectivity index (χ0) is 12.3. The van der Waals surface area contributed by atoms with Gasteiger partial charge in [-0.05, 0) is 22.8 Å². The van der Waals surface area contributed by atoms with Crippen LogP contribution in [0, 0.1) is 0 Å². The molecular formula is C14H17O2P. The highest BCUT2D eigenvalue weighted by atomic mass is 31.2. The highest BCUT2D eigenvalue weighted by Crippen LogP contribution is 2.40. The number of hydrogen-bond donors (Lipinski definition) is 1. The lowest BCUT2D eigenvalue weighted by Crippen LogP contribution is -1.97. The molecule has 0 aliphatic carbocycles. The molecule has 2 rings (SSSR count). The molecular weight excluding hydrogens is 231 g/mol. The van der Waals surface area contributed by atoms with E-state index in [1.807, 2.05) is 24.3 Å². The summed E-state index contributed by atoms with van der Waals surface area (Å²) in [5.74, 6) is 0. The minimum absolute atomic E-state index is 0.359. The highest BCUT2D eigenvalue weighted by Gasteiger charge is 2.15. The smallest absolute Gasteiger partial charge is 0.200 e. The largest absolute Gasteiger partial charge is 0.344 e. The Kier molecular flexibility index (Phi) is 3.66. The van der Waals surface area contributed by atoms with E-state index in [1.165, 1.54) is 10.8 Å². The lowest BCUT2D eigenvalue weighted by atomic mass is 10.0. The molecule has 0 heterocycles. The number of rotatable bonds is 4. The second-order valence-corrected chi connectivity index (χ2v) is 7.05. The molecule has 1 N–H and O–H groups in total. The van der Waals surface area contributed by atoms with Crippen LogP contribution in [-0.2, 0) is 11.0 Å². The van der Waals surface area contributed by atoms with Gasteiger partial charge in [-0.25, -0.2) is 0 Å². The Balaban J connectivity index is 2.27. The van der Waals surface area contributed by atoms with E-state index in [0.29, 0.717) is 18.7 Å². The first kappa shape index (κ1) is 12.3. The molecule has 0 radical (unpaired) electrons. The van der Waals surface area contributed by atoms with E-state index in [0.717, 1.165) is 5.56 Å². The molecule has 2 nitrogen and oxygen atoms in total. The second-order valence-electron chi connectivity index (χ2n) is 4.27. The maximum Gasteiger partial charge on any atom is 0.200 e. The summed E-state index contributed by atoms with van der Waals surface area (Å²) in [6.07, 6.45) is 1.40. The summed E-state index contributed by atoms with van der Waals surface area (Å²) in [5.41, 5.74) is 1.16. The maximum atomic E-state index is 11.6. The van der Waals surface area contributed by atoms with E-state index in [-0.39, 0.29) is 0 Å². The van der Waals surface area contributed by atoms with Crippen molar-refractivity contribution in [1.29, 1.82) is 0 Å². The van der Waals surface area contributed by atoms with Crippen LogP contribution in [0.25, 0.3) is 10.8 Å². The van der Waals surface area contributed by atoms with E-state index in [4.69, 9.17) is 0 Å². The van der Waals surface area contributed by atoms with Crippen LogP contribution < -0.4 is 0 Å². The summed E-state index contributed by atoms with van der Waals surface area (Å²) >= 11 is 0. The Hall–Kier alpha value is -1.11. The third kappa shape index (κ3) is 2.96. The van der Waals surface area contributed by atoms with E-state index in [1.54, 1.807) is 6.92 Å². The van der Waals surface area contributed by atoms with Gasteiger partial charge >= 0.3 is 0 Å².